The van der Waals surface area contributed by atoms with E-state index < -0.39 is 5.60 Å². The van der Waals surface area contributed by atoms with Gasteiger partial charge in [0.05, 0.1) is 24.4 Å². The van der Waals surface area contributed by atoms with Crippen LogP contribution in [0.15, 0.2) is 0 Å². The molecule has 0 bridgehead atoms. The Kier molecular flexibility index (Phi) is 4.90. The fourth-order valence-corrected chi connectivity index (χ4v) is 1.81. The van der Waals surface area contributed by atoms with Gasteiger partial charge in [0.2, 0.25) is 0 Å². The zero-order chi connectivity index (χ0) is 13.8. The Morgan fingerprint density at radius 1 is 1.44 bits per heavy atom. The number of aromatic nitrogens is 2. The molecule has 0 aliphatic carbocycles. The molecule has 0 saturated heterocycles. The molecule has 0 aliphatic rings. The van der Waals surface area contributed by atoms with Crippen LogP contribution in [-0.4, -0.2) is 27.7 Å². The molecule has 18 heavy (non-hydrogen) atoms. The Balaban J connectivity index is 2.96. The SMILES string of the molecule is CCCc1nc(C(C)(C)O)c(CC(=O)OCC)[nH]1. The molecule has 0 spiro atoms. The Bertz CT molecular complexity index is 405. The molecule has 0 radical (unpaired) electrons. The van der Waals surface area contributed by atoms with E-state index in [4.69, 9.17) is 4.74 Å². The summed E-state index contributed by atoms with van der Waals surface area (Å²) < 4.78 is 4.91. The van der Waals surface area contributed by atoms with E-state index in [-0.39, 0.29) is 12.4 Å². The van der Waals surface area contributed by atoms with Gasteiger partial charge in [0.25, 0.3) is 0 Å². The van der Waals surface area contributed by atoms with E-state index in [0.29, 0.717) is 18.0 Å². The van der Waals surface area contributed by atoms with Gasteiger partial charge in [0.15, 0.2) is 0 Å². The predicted octanol–water partition coefficient (Wildman–Crippen LogP) is 1.70. The van der Waals surface area contributed by atoms with Gasteiger partial charge >= 0.3 is 5.97 Å². The van der Waals surface area contributed by atoms with Gasteiger partial charge in [-0.25, -0.2) is 4.98 Å². The van der Waals surface area contributed by atoms with Gasteiger partial charge in [-0.2, -0.15) is 0 Å². The molecule has 102 valence electrons. The number of carbonyl (C=O) groups excluding carboxylic acids is 1. The van der Waals surface area contributed by atoms with Crippen molar-refractivity contribution in [3.8, 4) is 0 Å². The number of nitrogens with one attached hydrogen (secondary N) is 1. The number of aryl methyl sites for hydroxylation is 1. The highest BCUT2D eigenvalue weighted by molar-refractivity contribution is 5.72. The second kappa shape index (κ2) is 6.00. The first-order valence-corrected chi connectivity index (χ1v) is 6.34. The van der Waals surface area contributed by atoms with Crippen LogP contribution >= 0.6 is 0 Å². The van der Waals surface area contributed by atoms with Crippen LogP contribution in [0.3, 0.4) is 0 Å². The average Bonchev–Trinajstić information content (AvgIpc) is 2.61. The summed E-state index contributed by atoms with van der Waals surface area (Å²) in [5.41, 5.74) is 0.105. The van der Waals surface area contributed by atoms with Crippen molar-refractivity contribution >= 4 is 5.97 Å². The summed E-state index contributed by atoms with van der Waals surface area (Å²) in [5, 5.41) is 10.1. The van der Waals surface area contributed by atoms with E-state index in [0.717, 1.165) is 18.7 Å². The number of ether oxygens (including phenoxy) is 1. The molecule has 5 nitrogen and oxygen atoms in total. The van der Waals surface area contributed by atoms with Crippen molar-refractivity contribution < 1.29 is 14.6 Å². The van der Waals surface area contributed by atoms with Crippen LogP contribution in [0.4, 0.5) is 0 Å². The molecule has 0 saturated carbocycles. The number of aromatic amines is 1. The number of imidazole rings is 1. The first-order valence-electron chi connectivity index (χ1n) is 6.34. The lowest BCUT2D eigenvalue weighted by atomic mass is 10.0. The van der Waals surface area contributed by atoms with Crippen molar-refractivity contribution in [2.75, 3.05) is 6.61 Å². The Hall–Kier alpha value is -1.36. The Morgan fingerprint density at radius 2 is 2.11 bits per heavy atom. The van der Waals surface area contributed by atoms with E-state index in [2.05, 4.69) is 16.9 Å². The van der Waals surface area contributed by atoms with Crippen LogP contribution in [0.5, 0.6) is 0 Å². The first-order chi connectivity index (χ1) is 8.38. The highest BCUT2D eigenvalue weighted by Gasteiger charge is 2.26. The van der Waals surface area contributed by atoms with Crippen LogP contribution in [0.2, 0.25) is 0 Å². The zero-order valence-electron chi connectivity index (χ0n) is 11.5. The van der Waals surface area contributed by atoms with Crippen LogP contribution in [0, 0.1) is 0 Å². The van der Waals surface area contributed by atoms with Gasteiger partial charge in [-0.3, -0.25) is 4.79 Å². The van der Waals surface area contributed by atoms with Gasteiger partial charge in [-0.1, -0.05) is 6.92 Å². The molecule has 1 heterocycles. The molecule has 1 aromatic heterocycles. The van der Waals surface area contributed by atoms with Crippen molar-refractivity contribution in [3.63, 3.8) is 0 Å². The zero-order valence-corrected chi connectivity index (χ0v) is 11.5. The molecule has 0 aliphatic heterocycles. The molecule has 0 amide bonds. The van der Waals surface area contributed by atoms with Crippen molar-refractivity contribution in [2.24, 2.45) is 0 Å². The van der Waals surface area contributed by atoms with Gasteiger partial charge in [0, 0.05) is 6.42 Å². The van der Waals surface area contributed by atoms with Crippen molar-refractivity contribution in [1.29, 1.82) is 0 Å². The molecule has 0 unspecified atom stereocenters. The standard InChI is InChI=1S/C13H22N2O3/c1-5-7-10-14-9(8-11(16)18-6-2)12(15-10)13(3,4)17/h17H,5-8H2,1-4H3,(H,14,15). The fraction of sp³-hybridized carbons (Fsp3) is 0.692. The normalized spacial score (nSPS) is 11.6. The van der Waals surface area contributed by atoms with Crippen molar-refractivity contribution in [2.45, 2.75) is 52.6 Å². The number of aliphatic hydroxyl groups is 1. The van der Waals surface area contributed by atoms with Crippen LogP contribution in [0.25, 0.3) is 0 Å². The molecule has 5 heteroatoms. The molecular formula is C13H22N2O3. The third-order valence-electron chi connectivity index (χ3n) is 2.52. The highest BCUT2D eigenvalue weighted by atomic mass is 16.5. The second-order valence-electron chi connectivity index (χ2n) is 4.80. The summed E-state index contributed by atoms with van der Waals surface area (Å²) in [6, 6.07) is 0. The summed E-state index contributed by atoms with van der Waals surface area (Å²) in [4.78, 5) is 19.0. The number of esters is 1. The summed E-state index contributed by atoms with van der Waals surface area (Å²) in [7, 11) is 0. The van der Waals surface area contributed by atoms with Crippen LogP contribution in [-0.2, 0) is 28.0 Å². The average molecular weight is 254 g/mol. The lowest BCUT2D eigenvalue weighted by Crippen LogP contribution is -2.20. The molecular weight excluding hydrogens is 232 g/mol. The summed E-state index contributed by atoms with van der Waals surface area (Å²) in [5.74, 6) is 0.489. The first kappa shape index (κ1) is 14.7. The lowest BCUT2D eigenvalue weighted by molar-refractivity contribution is -0.142. The van der Waals surface area contributed by atoms with Gasteiger partial charge in [0.1, 0.15) is 11.4 Å². The predicted molar refractivity (Wildman–Crippen MR) is 68.2 cm³/mol. The molecule has 1 aromatic rings. The van der Waals surface area contributed by atoms with E-state index >= 15 is 0 Å². The third-order valence-corrected chi connectivity index (χ3v) is 2.52. The largest absolute Gasteiger partial charge is 0.466 e. The number of hydrogen-bond donors (Lipinski definition) is 2. The molecule has 0 fully saturated rings. The van der Waals surface area contributed by atoms with Crippen molar-refractivity contribution in [3.05, 3.63) is 17.2 Å². The maximum Gasteiger partial charge on any atom is 0.311 e. The van der Waals surface area contributed by atoms with Gasteiger partial charge < -0.3 is 14.8 Å². The molecule has 0 atom stereocenters. The number of nitrogens with zero attached hydrogens (tertiary/aromatic N) is 1. The van der Waals surface area contributed by atoms with Gasteiger partial charge in [-0.05, 0) is 27.2 Å². The third kappa shape index (κ3) is 3.84. The monoisotopic (exact) mass is 254 g/mol. The number of H-pyrrole nitrogens is 1. The quantitative estimate of drug-likeness (QED) is 0.758. The lowest BCUT2D eigenvalue weighted by Gasteiger charge is -2.16. The number of carbonyl (C=O) groups is 1. The smallest absolute Gasteiger partial charge is 0.311 e. The molecule has 1 rings (SSSR count). The maximum atomic E-state index is 11.5. The summed E-state index contributed by atoms with van der Waals surface area (Å²) in [6.45, 7) is 7.50. The van der Waals surface area contributed by atoms with E-state index in [9.17, 15) is 9.90 Å². The Labute approximate surface area is 108 Å². The number of hydrogen-bond acceptors (Lipinski definition) is 4. The molecule has 2 N–H and O–H groups in total. The van der Waals surface area contributed by atoms with Crippen LogP contribution < -0.4 is 0 Å². The highest BCUT2D eigenvalue weighted by Crippen LogP contribution is 2.22. The van der Waals surface area contributed by atoms with E-state index in [1.807, 2.05) is 0 Å². The minimum absolute atomic E-state index is 0.115. The summed E-state index contributed by atoms with van der Waals surface area (Å²) in [6.07, 6.45) is 1.87. The topological polar surface area (TPSA) is 75.2 Å². The molecule has 0 aromatic carbocycles. The number of rotatable bonds is 6. The maximum absolute atomic E-state index is 11.5. The minimum atomic E-state index is -1.07. The van der Waals surface area contributed by atoms with Crippen molar-refractivity contribution in [1.82, 2.24) is 9.97 Å². The second-order valence-corrected chi connectivity index (χ2v) is 4.80. The Morgan fingerprint density at radius 3 is 2.61 bits per heavy atom. The fourth-order valence-electron chi connectivity index (χ4n) is 1.81. The van der Waals surface area contributed by atoms with Crippen LogP contribution in [0.1, 0.15) is 51.3 Å². The van der Waals surface area contributed by atoms with E-state index in [1.54, 1.807) is 20.8 Å². The summed E-state index contributed by atoms with van der Waals surface area (Å²) >= 11 is 0. The minimum Gasteiger partial charge on any atom is -0.466 e. The van der Waals surface area contributed by atoms with Gasteiger partial charge in [-0.15, -0.1) is 0 Å². The van der Waals surface area contributed by atoms with E-state index in [1.165, 1.54) is 0 Å².